The van der Waals surface area contributed by atoms with E-state index in [0.29, 0.717) is 0 Å². The lowest BCUT2D eigenvalue weighted by Gasteiger charge is -1.98. The second-order valence-corrected chi connectivity index (χ2v) is 3.19. The van der Waals surface area contributed by atoms with Crippen molar-refractivity contribution in [1.82, 2.24) is 4.98 Å². The molecule has 0 saturated heterocycles. The van der Waals surface area contributed by atoms with Gasteiger partial charge in [-0.1, -0.05) is 24.3 Å². The van der Waals surface area contributed by atoms with Crippen LogP contribution in [0.4, 0.5) is 0 Å². The van der Waals surface area contributed by atoms with Gasteiger partial charge in [0.05, 0.1) is 10.5 Å². The molecule has 2 aromatic rings. The number of hydrogen-bond donors (Lipinski definition) is 0. The molecule has 1 aromatic carbocycles. The molecule has 1 nitrogen and oxygen atoms in total. The van der Waals surface area contributed by atoms with E-state index in [2.05, 4.69) is 23.4 Å². The zero-order valence-electron chi connectivity index (χ0n) is 6.53. The standard InChI is InChI=1S/C10H8NS/c1-12-10-7-6-8-4-2-3-5-9(8)11-10/h2-7H,1H2. The Hall–Kier alpha value is -1.02. The van der Waals surface area contributed by atoms with Crippen LogP contribution in [0.25, 0.3) is 10.9 Å². The van der Waals surface area contributed by atoms with Crippen LogP contribution in [0.2, 0.25) is 0 Å². The maximum atomic E-state index is 4.39. The zero-order chi connectivity index (χ0) is 8.39. The zero-order valence-corrected chi connectivity index (χ0v) is 7.34. The summed E-state index contributed by atoms with van der Waals surface area (Å²) in [5.41, 5.74) is 1.03. The van der Waals surface area contributed by atoms with Crippen LogP contribution in [0.15, 0.2) is 41.4 Å². The molecule has 12 heavy (non-hydrogen) atoms. The first kappa shape index (κ1) is 7.62. The van der Waals surface area contributed by atoms with E-state index in [0.717, 1.165) is 10.5 Å². The summed E-state index contributed by atoms with van der Waals surface area (Å²) in [6.07, 6.45) is 3.72. The molecule has 0 spiro atoms. The van der Waals surface area contributed by atoms with Crippen molar-refractivity contribution in [3.05, 3.63) is 42.7 Å². The lowest BCUT2D eigenvalue weighted by molar-refractivity contribution is 1.20. The van der Waals surface area contributed by atoms with Gasteiger partial charge in [-0.05, 0) is 12.1 Å². The first-order valence-electron chi connectivity index (χ1n) is 3.68. The number of fused-ring (bicyclic) bond motifs is 1. The highest BCUT2D eigenvalue weighted by molar-refractivity contribution is 8.00. The number of benzene rings is 1. The monoisotopic (exact) mass is 174 g/mol. The summed E-state index contributed by atoms with van der Waals surface area (Å²) >= 11 is 1.42. The Morgan fingerprint density at radius 3 is 2.75 bits per heavy atom. The molecule has 1 aromatic heterocycles. The lowest BCUT2D eigenvalue weighted by Crippen LogP contribution is -1.79. The van der Waals surface area contributed by atoms with Crippen LogP contribution in [-0.4, -0.2) is 4.98 Å². The van der Waals surface area contributed by atoms with Crippen LogP contribution in [-0.2, 0) is 0 Å². The summed E-state index contributed by atoms with van der Waals surface area (Å²) in [7, 11) is 0. The molecule has 0 atom stereocenters. The molecule has 0 saturated carbocycles. The normalized spacial score (nSPS) is 10.4. The quantitative estimate of drug-likeness (QED) is 0.616. The summed E-state index contributed by atoms with van der Waals surface area (Å²) in [6, 6.07) is 12.1. The average molecular weight is 174 g/mol. The number of nitrogens with zero attached hydrogens (tertiary/aromatic N) is 1. The minimum absolute atomic E-state index is 0.966. The number of para-hydroxylation sites is 1. The van der Waals surface area contributed by atoms with Crippen LogP contribution < -0.4 is 0 Å². The van der Waals surface area contributed by atoms with Gasteiger partial charge in [0.25, 0.3) is 0 Å². The van der Waals surface area contributed by atoms with Crippen LogP contribution in [0, 0.1) is 6.26 Å². The van der Waals surface area contributed by atoms with Gasteiger partial charge in [-0.3, -0.25) is 0 Å². The lowest BCUT2D eigenvalue weighted by atomic mass is 10.2. The van der Waals surface area contributed by atoms with E-state index in [9.17, 15) is 0 Å². The molecule has 0 aliphatic rings. The number of pyridine rings is 1. The van der Waals surface area contributed by atoms with E-state index in [1.807, 2.05) is 24.3 Å². The molecule has 0 N–H and O–H groups in total. The number of hydrogen-bond acceptors (Lipinski definition) is 2. The third-order valence-electron chi connectivity index (χ3n) is 1.72. The van der Waals surface area contributed by atoms with Crippen LogP contribution in [0.5, 0.6) is 0 Å². The summed E-state index contributed by atoms with van der Waals surface area (Å²) in [5.74, 6) is 0. The Balaban J connectivity index is 2.67. The van der Waals surface area contributed by atoms with Crippen LogP contribution >= 0.6 is 11.8 Å². The summed E-state index contributed by atoms with van der Waals surface area (Å²) in [5, 5.41) is 2.14. The minimum Gasteiger partial charge on any atom is -0.241 e. The maximum Gasteiger partial charge on any atom is 0.0967 e. The number of aromatic nitrogens is 1. The molecular formula is C10H8NS. The molecule has 0 bridgehead atoms. The van der Waals surface area contributed by atoms with Crippen molar-refractivity contribution in [3.8, 4) is 0 Å². The van der Waals surface area contributed by atoms with Crippen molar-refractivity contribution in [2.45, 2.75) is 5.03 Å². The van der Waals surface area contributed by atoms with E-state index >= 15 is 0 Å². The fraction of sp³-hybridized carbons (Fsp3) is 0. The van der Waals surface area contributed by atoms with Crippen molar-refractivity contribution in [2.24, 2.45) is 0 Å². The van der Waals surface area contributed by atoms with Gasteiger partial charge in [0.2, 0.25) is 0 Å². The van der Waals surface area contributed by atoms with Crippen molar-refractivity contribution in [1.29, 1.82) is 0 Å². The van der Waals surface area contributed by atoms with Gasteiger partial charge in [-0.2, -0.15) is 0 Å². The van der Waals surface area contributed by atoms with E-state index in [4.69, 9.17) is 0 Å². The highest BCUT2D eigenvalue weighted by Gasteiger charge is 1.94. The van der Waals surface area contributed by atoms with Crippen molar-refractivity contribution in [3.63, 3.8) is 0 Å². The Morgan fingerprint density at radius 1 is 1.08 bits per heavy atom. The third kappa shape index (κ3) is 1.30. The van der Waals surface area contributed by atoms with Gasteiger partial charge in [0.1, 0.15) is 0 Å². The van der Waals surface area contributed by atoms with Gasteiger partial charge < -0.3 is 0 Å². The van der Waals surface area contributed by atoms with E-state index in [-0.39, 0.29) is 0 Å². The molecule has 0 unspecified atom stereocenters. The molecule has 2 rings (SSSR count). The Morgan fingerprint density at radius 2 is 1.92 bits per heavy atom. The summed E-state index contributed by atoms with van der Waals surface area (Å²) in [4.78, 5) is 4.39. The Bertz CT molecular complexity index is 398. The summed E-state index contributed by atoms with van der Waals surface area (Å²) < 4.78 is 0. The van der Waals surface area contributed by atoms with Crippen LogP contribution in [0.3, 0.4) is 0 Å². The molecule has 2 heteroatoms. The third-order valence-corrected chi connectivity index (χ3v) is 2.24. The van der Waals surface area contributed by atoms with Gasteiger partial charge in [-0.15, -0.1) is 11.8 Å². The molecule has 0 fully saturated rings. The average Bonchev–Trinajstić information content (AvgIpc) is 2.17. The first-order valence-corrected chi connectivity index (χ1v) is 4.66. The fourth-order valence-electron chi connectivity index (χ4n) is 1.13. The molecule has 1 radical (unpaired) electrons. The van der Waals surface area contributed by atoms with Crippen molar-refractivity contribution >= 4 is 22.7 Å². The predicted octanol–water partition coefficient (Wildman–Crippen LogP) is 3.12. The first-order chi connectivity index (χ1) is 5.90. The summed E-state index contributed by atoms with van der Waals surface area (Å²) in [6.45, 7) is 0. The fourth-order valence-corrected chi connectivity index (χ4v) is 1.45. The SMILES string of the molecule is [CH2]Sc1ccc2ccccc2n1. The van der Waals surface area contributed by atoms with Crippen LogP contribution in [0.1, 0.15) is 0 Å². The van der Waals surface area contributed by atoms with Crippen molar-refractivity contribution < 1.29 is 0 Å². The Kier molecular flexibility index (Phi) is 2.00. The molecule has 0 aliphatic heterocycles. The minimum atomic E-state index is 0.966. The maximum absolute atomic E-state index is 4.39. The van der Waals surface area contributed by atoms with Gasteiger partial charge in [0, 0.05) is 11.6 Å². The second-order valence-electron chi connectivity index (χ2n) is 2.49. The smallest absolute Gasteiger partial charge is 0.0967 e. The van der Waals surface area contributed by atoms with Gasteiger partial charge >= 0.3 is 0 Å². The molecule has 0 aliphatic carbocycles. The van der Waals surface area contributed by atoms with E-state index < -0.39 is 0 Å². The topological polar surface area (TPSA) is 12.9 Å². The highest BCUT2D eigenvalue weighted by Crippen LogP contribution is 2.17. The van der Waals surface area contributed by atoms with E-state index in [1.54, 1.807) is 0 Å². The highest BCUT2D eigenvalue weighted by atomic mass is 32.2. The molecular weight excluding hydrogens is 166 g/mol. The van der Waals surface area contributed by atoms with Gasteiger partial charge in [-0.25, -0.2) is 4.98 Å². The van der Waals surface area contributed by atoms with Gasteiger partial charge in [0.15, 0.2) is 0 Å². The Labute approximate surface area is 75.8 Å². The second kappa shape index (κ2) is 3.15. The largest absolute Gasteiger partial charge is 0.241 e. The number of rotatable bonds is 1. The van der Waals surface area contributed by atoms with E-state index in [1.165, 1.54) is 17.1 Å². The molecule has 59 valence electrons. The van der Waals surface area contributed by atoms with Crippen molar-refractivity contribution in [2.75, 3.05) is 0 Å². The molecule has 0 amide bonds. The number of thioether (sulfide) groups is 1. The predicted molar refractivity (Wildman–Crippen MR) is 53.0 cm³/mol. The molecule has 1 heterocycles.